The third kappa shape index (κ3) is 3.16. The summed E-state index contributed by atoms with van der Waals surface area (Å²) in [6.07, 6.45) is 0.537. The van der Waals surface area contributed by atoms with Gasteiger partial charge in [-0.15, -0.1) is 0 Å². The van der Waals surface area contributed by atoms with Crippen molar-refractivity contribution in [3.05, 3.63) is 51.3 Å². The summed E-state index contributed by atoms with van der Waals surface area (Å²) >= 11 is 0. The standard InChI is InChI=1S/C11H11F3N4O2/c12-11(13,14)8-6-9(19)18(10(20)16-8)4-1-3-17-5-2-15-7-17/h2,5-7H,1,3-4H2,(H,16,20). The van der Waals surface area contributed by atoms with E-state index < -0.39 is 23.1 Å². The molecule has 0 aromatic carbocycles. The number of aromatic nitrogens is 4. The van der Waals surface area contributed by atoms with E-state index in [9.17, 15) is 22.8 Å². The Morgan fingerprint density at radius 1 is 1.25 bits per heavy atom. The molecule has 0 aliphatic heterocycles. The first-order valence-corrected chi connectivity index (χ1v) is 5.75. The second kappa shape index (κ2) is 5.35. The molecule has 108 valence electrons. The fourth-order valence-electron chi connectivity index (χ4n) is 1.72. The molecule has 20 heavy (non-hydrogen) atoms. The minimum absolute atomic E-state index is 0.0322. The van der Waals surface area contributed by atoms with Crippen molar-refractivity contribution in [3.63, 3.8) is 0 Å². The number of imidazole rings is 1. The monoisotopic (exact) mass is 288 g/mol. The molecule has 0 saturated heterocycles. The molecule has 0 saturated carbocycles. The van der Waals surface area contributed by atoms with E-state index in [0.717, 1.165) is 4.57 Å². The van der Waals surface area contributed by atoms with Crippen molar-refractivity contribution < 1.29 is 13.2 Å². The Morgan fingerprint density at radius 2 is 2.00 bits per heavy atom. The third-order valence-electron chi connectivity index (χ3n) is 2.68. The second-order valence-corrected chi connectivity index (χ2v) is 4.13. The molecular weight excluding hydrogens is 277 g/mol. The molecule has 6 nitrogen and oxygen atoms in total. The van der Waals surface area contributed by atoms with Crippen LogP contribution in [0.1, 0.15) is 12.1 Å². The highest BCUT2D eigenvalue weighted by Gasteiger charge is 2.32. The van der Waals surface area contributed by atoms with Crippen molar-refractivity contribution in [1.29, 1.82) is 0 Å². The van der Waals surface area contributed by atoms with Crippen molar-refractivity contribution >= 4 is 0 Å². The molecule has 0 unspecified atom stereocenters. The van der Waals surface area contributed by atoms with Crippen molar-refractivity contribution in [2.75, 3.05) is 0 Å². The minimum Gasteiger partial charge on any atom is -0.337 e. The molecule has 2 aromatic rings. The number of hydrogen-bond acceptors (Lipinski definition) is 3. The maximum Gasteiger partial charge on any atom is 0.431 e. The molecule has 2 heterocycles. The molecule has 0 aliphatic rings. The molecule has 0 radical (unpaired) electrons. The summed E-state index contributed by atoms with van der Waals surface area (Å²) in [5, 5.41) is 0. The van der Waals surface area contributed by atoms with E-state index >= 15 is 0 Å². The Bertz CT molecular complexity index is 654. The zero-order chi connectivity index (χ0) is 14.8. The first-order valence-electron chi connectivity index (χ1n) is 5.75. The summed E-state index contributed by atoms with van der Waals surface area (Å²) in [7, 11) is 0. The number of aryl methyl sites for hydroxylation is 1. The number of nitrogens with one attached hydrogen (secondary N) is 1. The van der Waals surface area contributed by atoms with Gasteiger partial charge in [0.05, 0.1) is 6.33 Å². The van der Waals surface area contributed by atoms with E-state index in [1.807, 2.05) is 0 Å². The number of rotatable bonds is 4. The average molecular weight is 288 g/mol. The highest BCUT2D eigenvalue weighted by molar-refractivity contribution is 5.03. The number of aromatic amines is 1. The van der Waals surface area contributed by atoms with Crippen LogP contribution in [0.4, 0.5) is 13.2 Å². The maximum atomic E-state index is 12.4. The molecule has 0 bridgehead atoms. The number of H-pyrrole nitrogens is 1. The predicted molar refractivity (Wildman–Crippen MR) is 63.2 cm³/mol. The summed E-state index contributed by atoms with van der Waals surface area (Å²) in [6, 6.07) is 0.388. The zero-order valence-electron chi connectivity index (χ0n) is 10.2. The lowest BCUT2D eigenvalue weighted by Gasteiger charge is -2.09. The van der Waals surface area contributed by atoms with Crippen LogP contribution in [0.3, 0.4) is 0 Å². The van der Waals surface area contributed by atoms with Gasteiger partial charge in [0.25, 0.3) is 5.56 Å². The Hall–Kier alpha value is -2.32. The van der Waals surface area contributed by atoms with Crippen LogP contribution in [-0.2, 0) is 19.3 Å². The van der Waals surface area contributed by atoms with Gasteiger partial charge in [-0.2, -0.15) is 13.2 Å². The zero-order valence-corrected chi connectivity index (χ0v) is 10.2. The minimum atomic E-state index is -4.74. The number of alkyl halides is 3. The fraction of sp³-hybridized carbons (Fsp3) is 0.364. The van der Waals surface area contributed by atoms with Gasteiger partial charge in [0.15, 0.2) is 0 Å². The van der Waals surface area contributed by atoms with E-state index in [2.05, 4.69) is 4.98 Å². The Labute approximate surface area is 110 Å². The van der Waals surface area contributed by atoms with Crippen molar-refractivity contribution in [2.24, 2.45) is 0 Å². The van der Waals surface area contributed by atoms with Crippen LogP contribution in [0, 0.1) is 0 Å². The van der Waals surface area contributed by atoms with Crippen molar-refractivity contribution in [3.8, 4) is 0 Å². The summed E-state index contributed by atoms with van der Waals surface area (Å²) in [5.41, 5.74) is -3.36. The molecule has 1 N–H and O–H groups in total. The Morgan fingerprint density at radius 3 is 2.55 bits per heavy atom. The average Bonchev–Trinajstić information content (AvgIpc) is 2.84. The number of halogens is 3. The highest BCUT2D eigenvalue weighted by atomic mass is 19.4. The SMILES string of the molecule is O=c1cc(C(F)(F)F)[nH]c(=O)n1CCCn1ccnc1. The molecule has 0 spiro atoms. The lowest BCUT2D eigenvalue weighted by molar-refractivity contribution is -0.141. The van der Waals surface area contributed by atoms with Gasteiger partial charge in [0, 0.05) is 31.5 Å². The number of nitrogens with zero attached hydrogens (tertiary/aromatic N) is 3. The second-order valence-electron chi connectivity index (χ2n) is 4.13. The molecular formula is C11H11F3N4O2. The number of hydrogen-bond donors (Lipinski definition) is 1. The van der Waals surface area contributed by atoms with Crippen LogP contribution in [0.15, 0.2) is 34.4 Å². The van der Waals surface area contributed by atoms with Crippen LogP contribution in [0.2, 0.25) is 0 Å². The van der Waals surface area contributed by atoms with Gasteiger partial charge in [0.2, 0.25) is 0 Å². The highest BCUT2D eigenvalue weighted by Crippen LogP contribution is 2.25. The van der Waals surface area contributed by atoms with Gasteiger partial charge < -0.3 is 9.55 Å². The molecule has 0 fully saturated rings. The molecule has 2 rings (SSSR count). The van der Waals surface area contributed by atoms with Gasteiger partial charge in [-0.1, -0.05) is 0 Å². The molecule has 0 aliphatic carbocycles. The van der Waals surface area contributed by atoms with Crippen LogP contribution >= 0.6 is 0 Å². The van der Waals surface area contributed by atoms with E-state index in [-0.39, 0.29) is 6.54 Å². The van der Waals surface area contributed by atoms with Gasteiger partial charge in [-0.05, 0) is 6.42 Å². The Kier molecular flexibility index (Phi) is 3.77. The lowest BCUT2D eigenvalue weighted by atomic mass is 10.3. The maximum absolute atomic E-state index is 12.4. The lowest BCUT2D eigenvalue weighted by Crippen LogP contribution is -2.37. The van der Waals surface area contributed by atoms with Gasteiger partial charge >= 0.3 is 11.9 Å². The van der Waals surface area contributed by atoms with Gasteiger partial charge in [-0.3, -0.25) is 9.36 Å². The van der Waals surface area contributed by atoms with E-state index in [1.165, 1.54) is 0 Å². The predicted octanol–water partition coefficient (Wildman–Crippen LogP) is 0.842. The summed E-state index contributed by atoms with van der Waals surface area (Å²) in [6.45, 7) is 0.539. The largest absolute Gasteiger partial charge is 0.431 e. The van der Waals surface area contributed by atoms with Crippen molar-refractivity contribution in [2.45, 2.75) is 25.7 Å². The molecule has 0 atom stereocenters. The van der Waals surface area contributed by atoms with Crippen molar-refractivity contribution in [1.82, 2.24) is 19.1 Å². The molecule has 0 amide bonds. The van der Waals surface area contributed by atoms with Crippen LogP contribution < -0.4 is 11.2 Å². The Balaban J connectivity index is 2.13. The summed E-state index contributed by atoms with van der Waals surface area (Å²) < 4.78 is 39.6. The smallest absolute Gasteiger partial charge is 0.337 e. The van der Waals surface area contributed by atoms with E-state index in [4.69, 9.17) is 0 Å². The third-order valence-corrected chi connectivity index (χ3v) is 2.68. The summed E-state index contributed by atoms with van der Waals surface area (Å²) in [5.74, 6) is 0. The van der Waals surface area contributed by atoms with E-state index in [1.54, 1.807) is 28.3 Å². The topological polar surface area (TPSA) is 72.7 Å². The normalized spacial score (nSPS) is 11.8. The fourth-order valence-corrected chi connectivity index (χ4v) is 1.72. The van der Waals surface area contributed by atoms with Gasteiger partial charge in [0.1, 0.15) is 5.69 Å². The summed E-state index contributed by atoms with van der Waals surface area (Å²) in [4.78, 5) is 28.5. The van der Waals surface area contributed by atoms with Crippen LogP contribution in [-0.4, -0.2) is 19.1 Å². The van der Waals surface area contributed by atoms with Crippen LogP contribution in [0.5, 0.6) is 0 Å². The molecule has 9 heteroatoms. The van der Waals surface area contributed by atoms with E-state index in [0.29, 0.717) is 19.0 Å². The molecule has 2 aromatic heterocycles. The van der Waals surface area contributed by atoms with Gasteiger partial charge in [-0.25, -0.2) is 9.78 Å². The first-order chi connectivity index (χ1) is 9.38. The first kappa shape index (κ1) is 14.1. The van der Waals surface area contributed by atoms with Crippen LogP contribution in [0.25, 0.3) is 0 Å². The quantitative estimate of drug-likeness (QED) is 0.906.